The summed E-state index contributed by atoms with van der Waals surface area (Å²) in [4.78, 5) is 19.2. The maximum atomic E-state index is 11.8. The molecular formula is C15H17ClNO3P. The molecule has 0 fully saturated rings. The molecule has 0 saturated carbocycles. The van der Waals surface area contributed by atoms with Crippen LogP contribution in [0.4, 0.5) is 5.69 Å². The van der Waals surface area contributed by atoms with Crippen molar-refractivity contribution in [1.82, 2.24) is 0 Å². The normalized spacial score (nSPS) is 13.0. The molecule has 4 nitrogen and oxygen atoms in total. The van der Waals surface area contributed by atoms with E-state index in [1.165, 1.54) is 0 Å². The topological polar surface area (TPSA) is 69.6 Å². The van der Waals surface area contributed by atoms with Gasteiger partial charge in [0.25, 0.3) is 0 Å². The van der Waals surface area contributed by atoms with Crippen molar-refractivity contribution >= 4 is 24.9 Å². The van der Waals surface area contributed by atoms with Crippen molar-refractivity contribution in [3.63, 3.8) is 0 Å². The van der Waals surface area contributed by atoms with Crippen LogP contribution < -0.4 is 5.32 Å². The van der Waals surface area contributed by atoms with Crippen LogP contribution in [0.25, 0.3) is 0 Å². The minimum atomic E-state index is -4.36. The molecule has 0 unspecified atom stereocenters. The molecule has 0 heterocycles. The molecule has 0 spiro atoms. The van der Waals surface area contributed by atoms with Crippen LogP contribution >= 0.6 is 19.2 Å². The van der Waals surface area contributed by atoms with Gasteiger partial charge in [0.05, 0.1) is 0 Å². The van der Waals surface area contributed by atoms with Crippen LogP contribution in [0.1, 0.15) is 22.5 Å². The average molecular weight is 326 g/mol. The predicted octanol–water partition coefficient (Wildman–Crippen LogP) is 4.25. The standard InChI is InChI=1S/C15H17ClNO3P/c1-10-4-3-5-12(8-10)15(21(18,19)20)17-13-7-6-11(2)14(16)9-13/h3-9,15,17H,1-2H3,(H2,18,19,20)/t15-/m0/s1. The van der Waals surface area contributed by atoms with Crippen LogP contribution in [0.5, 0.6) is 0 Å². The average Bonchev–Trinajstić information content (AvgIpc) is 2.38. The third-order valence-electron chi connectivity index (χ3n) is 3.17. The van der Waals surface area contributed by atoms with Gasteiger partial charge in [-0.2, -0.15) is 0 Å². The van der Waals surface area contributed by atoms with Gasteiger partial charge in [-0.05, 0) is 37.1 Å². The fraction of sp³-hybridized carbons (Fsp3) is 0.200. The Morgan fingerprint density at radius 2 is 1.86 bits per heavy atom. The lowest BCUT2D eigenvalue weighted by Crippen LogP contribution is -2.11. The quantitative estimate of drug-likeness (QED) is 0.735. The van der Waals surface area contributed by atoms with Crippen molar-refractivity contribution in [2.75, 3.05) is 5.32 Å². The second-order valence-electron chi connectivity index (χ2n) is 5.01. The summed E-state index contributed by atoms with van der Waals surface area (Å²) in [7, 11) is -4.36. The van der Waals surface area contributed by atoms with E-state index >= 15 is 0 Å². The third-order valence-corrected chi connectivity index (χ3v) is 4.68. The van der Waals surface area contributed by atoms with E-state index in [4.69, 9.17) is 11.6 Å². The molecule has 2 aromatic rings. The minimum Gasteiger partial charge on any atom is -0.368 e. The zero-order valence-electron chi connectivity index (χ0n) is 11.7. The third kappa shape index (κ3) is 4.08. The van der Waals surface area contributed by atoms with Gasteiger partial charge in [-0.3, -0.25) is 4.57 Å². The molecule has 0 radical (unpaired) electrons. The van der Waals surface area contributed by atoms with E-state index in [9.17, 15) is 14.4 Å². The number of aryl methyl sites for hydroxylation is 2. The van der Waals surface area contributed by atoms with Gasteiger partial charge in [-0.25, -0.2) is 0 Å². The van der Waals surface area contributed by atoms with Crippen LogP contribution in [-0.2, 0) is 4.57 Å². The van der Waals surface area contributed by atoms with Crippen LogP contribution in [0.3, 0.4) is 0 Å². The Kier molecular flexibility index (Phi) is 4.74. The molecule has 3 N–H and O–H groups in total. The van der Waals surface area contributed by atoms with E-state index in [0.29, 0.717) is 16.3 Å². The Morgan fingerprint density at radius 1 is 1.14 bits per heavy atom. The second kappa shape index (κ2) is 6.20. The van der Waals surface area contributed by atoms with Gasteiger partial charge >= 0.3 is 7.60 Å². The highest BCUT2D eigenvalue weighted by Crippen LogP contribution is 2.51. The van der Waals surface area contributed by atoms with Crippen molar-refractivity contribution < 1.29 is 14.4 Å². The van der Waals surface area contributed by atoms with Gasteiger partial charge in [-0.15, -0.1) is 0 Å². The van der Waals surface area contributed by atoms with E-state index in [-0.39, 0.29) is 0 Å². The Morgan fingerprint density at radius 3 is 2.43 bits per heavy atom. The number of nitrogens with one attached hydrogen (secondary N) is 1. The van der Waals surface area contributed by atoms with Crippen LogP contribution in [0.2, 0.25) is 5.02 Å². The van der Waals surface area contributed by atoms with Crippen molar-refractivity contribution in [1.29, 1.82) is 0 Å². The van der Waals surface area contributed by atoms with Crippen molar-refractivity contribution in [2.24, 2.45) is 0 Å². The lowest BCUT2D eigenvalue weighted by atomic mass is 10.1. The molecule has 6 heteroatoms. The van der Waals surface area contributed by atoms with Gasteiger partial charge in [0, 0.05) is 10.7 Å². The van der Waals surface area contributed by atoms with Crippen molar-refractivity contribution in [3.05, 3.63) is 64.2 Å². The van der Waals surface area contributed by atoms with Crippen molar-refractivity contribution in [2.45, 2.75) is 19.6 Å². The predicted molar refractivity (Wildman–Crippen MR) is 85.8 cm³/mol. The monoisotopic (exact) mass is 325 g/mol. The molecule has 2 rings (SSSR count). The number of halogens is 1. The van der Waals surface area contributed by atoms with Gasteiger partial charge < -0.3 is 15.1 Å². The molecule has 112 valence electrons. The molecule has 0 aliphatic carbocycles. The summed E-state index contributed by atoms with van der Waals surface area (Å²) in [6.45, 7) is 3.75. The summed E-state index contributed by atoms with van der Waals surface area (Å²) in [5.41, 5.74) is 2.96. The molecule has 0 aliphatic heterocycles. The number of hydrogen-bond acceptors (Lipinski definition) is 2. The van der Waals surface area contributed by atoms with Crippen LogP contribution in [0.15, 0.2) is 42.5 Å². The van der Waals surface area contributed by atoms with E-state index in [2.05, 4.69) is 5.32 Å². The fourth-order valence-electron chi connectivity index (χ4n) is 2.04. The second-order valence-corrected chi connectivity index (χ2v) is 7.12. The highest BCUT2D eigenvalue weighted by molar-refractivity contribution is 7.52. The van der Waals surface area contributed by atoms with E-state index in [1.807, 2.05) is 19.9 Å². The van der Waals surface area contributed by atoms with Gasteiger partial charge in [0.1, 0.15) is 0 Å². The fourth-order valence-corrected chi connectivity index (χ4v) is 3.09. The van der Waals surface area contributed by atoms with Crippen LogP contribution in [0, 0.1) is 13.8 Å². The number of anilines is 1. The summed E-state index contributed by atoms with van der Waals surface area (Å²) in [6, 6.07) is 12.3. The summed E-state index contributed by atoms with van der Waals surface area (Å²) >= 11 is 6.05. The molecular weight excluding hydrogens is 309 g/mol. The highest BCUT2D eigenvalue weighted by Gasteiger charge is 2.30. The first-order valence-electron chi connectivity index (χ1n) is 6.42. The molecule has 2 aromatic carbocycles. The maximum Gasteiger partial charge on any atom is 0.352 e. The number of benzene rings is 2. The lowest BCUT2D eigenvalue weighted by molar-refractivity contribution is 0.363. The molecule has 0 aliphatic rings. The summed E-state index contributed by atoms with van der Waals surface area (Å²) in [6.07, 6.45) is 0. The molecule has 0 aromatic heterocycles. The lowest BCUT2D eigenvalue weighted by Gasteiger charge is -2.22. The minimum absolute atomic E-state index is 0.542. The molecule has 0 saturated heterocycles. The molecule has 0 amide bonds. The van der Waals surface area contributed by atoms with E-state index in [1.54, 1.807) is 36.4 Å². The Hall–Kier alpha value is -1.32. The first kappa shape index (κ1) is 16.1. The molecule has 0 bridgehead atoms. The summed E-state index contributed by atoms with van der Waals surface area (Å²) < 4.78 is 11.8. The Labute approximate surface area is 128 Å². The van der Waals surface area contributed by atoms with Crippen LogP contribution in [-0.4, -0.2) is 9.79 Å². The van der Waals surface area contributed by atoms with E-state index < -0.39 is 13.4 Å². The largest absolute Gasteiger partial charge is 0.368 e. The number of hydrogen-bond donors (Lipinski definition) is 3. The van der Waals surface area contributed by atoms with Gasteiger partial charge in [0.15, 0.2) is 5.78 Å². The SMILES string of the molecule is Cc1cccc([C@@H](Nc2ccc(C)c(Cl)c2)P(=O)(O)O)c1. The first-order valence-corrected chi connectivity index (χ1v) is 8.48. The van der Waals surface area contributed by atoms with E-state index in [0.717, 1.165) is 11.1 Å². The van der Waals surface area contributed by atoms with Crippen molar-refractivity contribution in [3.8, 4) is 0 Å². The maximum absolute atomic E-state index is 11.8. The summed E-state index contributed by atoms with van der Waals surface area (Å²) in [5, 5.41) is 3.43. The van der Waals surface area contributed by atoms with Gasteiger partial charge in [0.2, 0.25) is 0 Å². The smallest absolute Gasteiger partial charge is 0.352 e. The van der Waals surface area contributed by atoms with Gasteiger partial charge in [-0.1, -0.05) is 47.5 Å². The summed E-state index contributed by atoms with van der Waals surface area (Å²) in [5.74, 6) is -1.10. The highest BCUT2D eigenvalue weighted by atomic mass is 35.5. The molecule has 1 atom stereocenters. The Balaban J connectivity index is 2.38. The molecule has 21 heavy (non-hydrogen) atoms. The zero-order valence-corrected chi connectivity index (χ0v) is 13.4. The Bertz CT molecular complexity index is 699. The first-order chi connectivity index (χ1) is 9.77. The zero-order chi connectivity index (χ0) is 15.6. The number of rotatable bonds is 4.